The van der Waals surface area contributed by atoms with Crippen LogP contribution in [0.5, 0.6) is 0 Å². The Morgan fingerprint density at radius 3 is 2.21 bits per heavy atom. The van der Waals surface area contributed by atoms with E-state index in [0.717, 1.165) is 42.6 Å². The predicted octanol–water partition coefficient (Wildman–Crippen LogP) is 7.53. The first-order valence-corrected chi connectivity index (χ1v) is 14.2. The summed E-state index contributed by atoms with van der Waals surface area (Å²) in [5.74, 6) is 3.10. The molecule has 0 saturated heterocycles. The van der Waals surface area contributed by atoms with Crippen LogP contribution in [-0.2, 0) is 0 Å². The molecule has 5 saturated carbocycles. The molecule has 0 aromatic carbocycles. The van der Waals surface area contributed by atoms with Crippen LogP contribution in [0.3, 0.4) is 0 Å². The summed E-state index contributed by atoms with van der Waals surface area (Å²) >= 11 is 0. The fraction of sp³-hybridized carbons (Fsp3) is 0.935. The SMILES string of the molecule is C=C(CCC(C)C1CCC2(C)C3CCC4C(C)(C)C(O)CCC45CC35CCC12C)C(C)(C)O. The van der Waals surface area contributed by atoms with Crippen LogP contribution in [0.15, 0.2) is 12.2 Å². The summed E-state index contributed by atoms with van der Waals surface area (Å²) in [5, 5.41) is 21.2. The van der Waals surface area contributed by atoms with Crippen LogP contribution in [0.4, 0.5) is 0 Å². The largest absolute Gasteiger partial charge is 0.393 e. The normalized spacial score (nSPS) is 51.1. The van der Waals surface area contributed by atoms with E-state index in [0.29, 0.717) is 27.6 Å². The van der Waals surface area contributed by atoms with Crippen molar-refractivity contribution >= 4 is 0 Å². The highest BCUT2D eigenvalue weighted by molar-refractivity contribution is 5.30. The second kappa shape index (κ2) is 7.12. The smallest absolute Gasteiger partial charge is 0.0798 e. The molecule has 0 amide bonds. The van der Waals surface area contributed by atoms with E-state index in [2.05, 4.69) is 41.2 Å². The molecule has 0 aliphatic heterocycles. The van der Waals surface area contributed by atoms with Gasteiger partial charge in [-0.15, -0.1) is 0 Å². The van der Waals surface area contributed by atoms with Crippen LogP contribution in [0.2, 0.25) is 0 Å². The molecule has 9 unspecified atom stereocenters. The zero-order chi connectivity index (χ0) is 24.2. The average Bonchev–Trinajstić information content (AvgIpc) is 3.31. The first kappa shape index (κ1) is 24.4. The van der Waals surface area contributed by atoms with Gasteiger partial charge in [-0.05, 0) is 141 Å². The first-order valence-electron chi connectivity index (χ1n) is 14.2. The van der Waals surface area contributed by atoms with Gasteiger partial charge >= 0.3 is 0 Å². The topological polar surface area (TPSA) is 40.5 Å². The summed E-state index contributed by atoms with van der Waals surface area (Å²) in [6.45, 7) is 20.6. The Hall–Kier alpha value is -0.340. The van der Waals surface area contributed by atoms with Crippen molar-refractivity contribution in [1.82, 2.24) is 0 Å². The molecule has 0 aromatic rings. The van der Waals surface area contributed by atoms with Crippen LogP contribution in [-0.4, -0.2) is 21.9 Å². The van der Waals surface area contributed by atoms with Crippen molar-refractivity contribution in [2.75, 3.05) is 0 Å². The maximum absolute atomic E-state index is 10.9. The van der Waals surface area contributed by atoms with E-state index in [9.17, 15) is 10.2 Å². The highest BCUT2D eigenvalue weighted by Crippen LogP contribution is 2.89. The molecule has 5 aliphatic rings. The summed E-state index contributed by atoms with van der Waals surface area (Å²) in [6.07, 6.45) is 14.1. The lowest BCUT2D eigenvalue weighted by atomic mass is 9.41. The molecule has 2 heteroatoms. The molecule has 33 heavy (non-hydrogen) atoms. The number of hydrogen-bond acceptors (Lipinski definition) is 2. The first-order chi connectivity index (χ1) is 15.2. The van der Waals surface area contributed by atoms with Gasteiger partial charge in [-0.3, -0.25) is 0 Å². The molecule has 188 valence electrons. The van der Waals surface area contributed by atoms with E-state index < -0.39 is 5.60 Å². The summed E-state index contributed by atoms with van der Waals surface area (Å²) < 4.78 is 0. The van der Waals surface area contributed by atoms with E-state index in [-0.39, 0.29) is 11.5 Å². The lowest BCUT2D eigenvalue weighted by Gasteiger charge is -2.63. The molecule has 2 nitrogen and oxygen atoms in total. The van der Waals surface area contributed by atoms with Gasteiger partial charge in [0.1, 0.15) is 0 Å². The Balaban J connectivity index is 1.37. The standard InChI is InChI=1S/C31H52O2/c1-20(9-10-21(2)27(5,6)33)22-13-15-29(8)24-12-11-23-26(3,4)25(32)14-16-30(23)19-31(24,30)18-17-28(22,29)7/h20,22-25,32-33H,2,9-19H2,1,3-8H3. The minimum Gasteiger partial charge on any atom is -0.393 e. The van der Waals surface area contributed by atoms with Gasteiger partial charge in [0.15, 0.2) is 0 Å². The molecular weight excluding hydrogens is 404 g/mol. The molecule has 0 heterocycles. The number of aliphatic hydroxyl groups excluding tert-OH is 1. The predicted molar refractivity (Wildman–Crippen MR) is 137 cm³/mol. The van der Waals surface area contributed by atoms with Crippen LogP contribution >= 0.6 is 0 Å². The third-order valence-electron chi connectivity index (χ3n) is 13.6. The fourth-order valence-electron chi connectivity index (χ4n) is 11.2. The minimum absolute atomic E-state index is 0.0873. The number of hydrogen-bond donors (Lipinski definition) is 2. The Morgan fingerprint density at radius 2 is 1.55 bits per heavy atom. The molecule has 9 atom stereocenters. The second-order valence-corrected chi connectivity index (χ2v) is 15.2. The molecule has 0 radical (unpaired) electrons. The molecule has 2 spiro atoms. The average molecular weight is 457 g/mol. The van der Waals surface area contributed by atoms with E-state index in [1.54, 1.807) is 0 Å². The van der Waals surface area contributed by atoms with Crippen molar-refractivity contribution in [2.24, 2.45) is 50.7 Å². The van der Waals surface area contributed by atoms with Gasteiger partial charge in [-0.1, -0.05) is 41.2 Å². The quantitative estimate of drug-likeness (QED) is 0.420. The number of fused-ring (bicyclic) bond motifs is 2. The van der Waals surface area contributed by atoms with Gasteiger partial charge in [0, 0.05) is 0 Å². The zero-order valence-electron chi connectivity index (χ0n) is 22.8. The van der Waals surface area contributed by atoms with Crippen molar-refractivity contribution in [1.29, 1.82) is 0 Å². The maximum Gasteiger partial charge on any atom is 0.0798 e. The Bertz CT molecular complexity index is 821. The minimum atomic E-state index is -0.759. The maximum atomic E-state index is 10.9. The molecule has 0 bridgehead atoms. The lowest BCUT2D eigenvalue weighted by molar-refractivity contribution is -0.161. The third-order valence-corrected chi connectivity index (χ3v) is 13.6. The van der Waals surface area contributed by atoms with Gasteiger partial charge in [-0.25, -0.2) is 0 Å². The summed E-state index contributed by atoms with van der Waals surface area (Å²) in [5.41, 5.74) is 2.34. The van der Waals surface area contributed by atoms with Crippen molar-refractivity contribution in [3.8, 4) is 0 Å². The van der Waals surface area contributed by atoms with Crippen molar-refractivity contribution in [2.45, 2.75) is 131 Å². The van der Waals surface area contributed by atoms with Crippen molar-refractivity contribution < 1.29 is 10.2 Å². The lowest BCUT2D eigenvalue weighted by Crippen LogP contribution is -2.57. The van der Waals surface area contributed by atoms with E-state index in [1.165, 1.54) is 51.4 Å². The third kappa shape index (κ3) is 2.98. The summed E-state index contributed by atoms with van der Waals surface area (Å²) in [7, 11) is 0. The molecule has 5 fully saturated rings. The van der Waals surface area contributed by atoms with E-state index >= 15 is 0 Å². The fourth-order valence-corrected chi connectivity index (χ4v) is 11.2. The Kier molecular flexibility index (Phi) is 5.25. The molecule has 5 rings (SSSR count). The van der Waals surface area contributed by atoms with Gasteiger partial charge in [0.25, 0.3) is 0 Å². The number of aliphatic hydroxyl groups is 2. The number of rotatable bonds is 5. The van der Waals surface area contributed by atoms with E-state index in [1.807, 2.05) is 13.8 Å². The Morgan fingerprint density at radius 1 is 0.909 bits per heavy atom. The van der Waals surface area contributed by atoms with E-state index in [4.69, 9.17) is 0 Å². The molecular formula is C31H52O2. The monoisotopic (exact) mass is 456 g/mol. The van der Waals surface area contributed by atoms with Crippen LogP contribution in [0.25, 0.3) is 0 Å². The molecule has 0 aromatic heterocycles. The second-order valence-electron chi connectivity index (χ2n) is 15.2. The van der Waals surface area contributed by atoms with Gasteiger partial charge in [-0.2, -0.15) is 0 Å². The van der Waals surface area contributed by atoms with Crippen LogP contribution < -0.4 is 0 Å². The molecule has 2 N–H and O–H groups in total. The zero-order valence-corrected chi connectivity index (χ0v) is 22.8. The highest BCUT2D eigenvalue weighted by atomic mass is 16.3. The van der Waals surface area contributed by atoms with Gasteiger partial charge in [0.2, 0.25) is 0 Å². The summed E-state index contributed by atoms with van der Waals surface area (Å²) in [6, 6.07) is 0. The van der Waals surface area contributed by atoms with Crippen LogP contribution in [0.1, 0.15) is 119 Å². The van der Waals surface area contributed by atoms with Crippen molar-refractivity contribution in [3.05, 3.63) is 12.2 Å². The van der Waals surface area contributed by atoms with Crippen LogP contribution in [0, 0.1) is 50.7 Å². The highest BCUT2D eigenvalue weighted by Gasteiger charge is 2.82. The summed E-state index contributed by atoms with van der Waals surface area (Å²) in [4.78, 5) is 0. The Labute approximate surface area is 204 Å². The van der Waals surface area contributed by atoms with Gasteiger partial charge < -0.3 is 10.2 Å². The molecule has 5 aliphatic carbocycles. The van der Waals surface area contributed by atoms with Gasteiger partial charge in [0.05, 0.1) is 11.7 Å². The van der Waals surface area contributed by atoms with Crippen molar-refractivity contribution in [3.63, 3.8) is 0 Å².